The molecule has 0 aromatic heterocycles. The molecule has 0 aliphatic carbocycles. The lowest BCUT2D eigenvalue weighted by molar-refractivity contribution is -0.182. The first kappa shape index (κ1) is 13.2. The lowest BCUT2D eigenvalue weighted by atomic mass is 9.92. The van der Waals surface area contributed by atoms with E-state index >= 15 is 0 Å². The van der Waals surface area contributed by atoms with Crippen molar-refractivity contribution in [3.05, 3.63) is 12.7 Å². The molecule has 0 saturated carbocycles. The molecule has 0 radical (unpaired) electrons. The average Bonchev–Trinajstić information content (AvgIpc) is 2.48. The number of hydrogen-bond acceptors (Lipinski definition) is 6. The SMILES string of the molecule is C=CC(=O)OCC(=O)OC1CC(C)(C)C(=O)O1. The highest BCUT2D eigenvalue weighted by Crippen LogP contribution is 2.33. The molecular weight excluding hydrogens is 228 g/mol. The van der Waals surface area contributed by atoms with E-state index in [0.29, 0.717) is 0 Å². The summed E-state index contributed by atoms with van der Waals surface area (Å²) in [5.41, 5.74) is -0.664. The third kappa shape index (κ3) is 3.58. The van der Waals surface area contributed by atoms with Crippen LogP contribution in [0.1, 0.15) is 20.3 Å². The third-order valence-electron chi connectivity index (χ3n) is 2.23. The Morgan fingerprint density at radius 3 is 2.71 bits per heavy atom. The molecular formula is C11H14O6. The zero-order valence-electron chi connectivity index (χ0n) is 9.73. The molecule has 1 aliphatic heterocycles. The topological polar surface area (TPSA) is 78.9 Å². The predicted molar refractivity (Wildman–Crippen MR) is 55.5 cm³/mol. The molecule has 0 spiro atoms. The van der Waals surface area contributed by atoms with Crippen LogP contribution in [0.25, 0.3) is 0 Å². The van der Waals surface area contributed by atoms with E-state index in [1.165, 1.54) is 0 Å². The van der Waals surface area contributed by atoms with Gasteiger partial charge in [0.25, 0.3) is 0 Å². The fourth-order valence-electron chi connectivity index (χ4n) is 1.26. The maximum atomic E-state index is 11.3. The minimum atomic E-state index is -0.910. The molecule has 0 bridgehead atoms. The third-order valence-corrected chi connectivity index (χ3v) is 2.23. The molecule has 0 amide bonds. The van der Waals surface area contributed by atoms with Gasteiger partial charge in [0.15, 0.2) is 6.61 Å². The van der Waals surface area contributed by atoms with Crippen LogP contribution in [0.3, 0.4) is 0 Å². The summed E-state index contributed by atoms with van der Waals surface area (Å²) >= 11 is 0. The minimum Gasteiger partial charge on any atom is -0.451 e. The van der Waals surface area contributed by atoms with Gasteiger partial charge in [-0.2, -0.15) is 0 Å². The molecule has 0 aromatic rings. The van der Waals surface area contributed by atoms with Gasteiger partial charge >= 0.3 is 17.9 Å². The molecule has 94 valence electrons. The van der Waals surface area contributed by atoms with Crippen LogP contribution in [0.15, 0.2) is 12.7 Å². The zero-order valence-corrected chi connectivity index (χ0v) is 9.73. The summed E-state index contributed by atoms with van der Waals surface area (Å²) in [4.78, 5) is 33.2. The van der Waals surface area contributed by atoms with E-state index in [0.717, 1.165) is 6.08 Å². The molecule has 0 N–H and O–H groups in total. The second kappa shape index (κ2) is 4.99. The Hall–Kier alpha value is -1.85. The maximum Gasteiger partial charge on any atom is 0.347 e. The first-order valence-corrected chi connectivity index (χ1v) is 5.05. The quantitative estimate of drug-likeness (QED) is 0.529. The van der Waals surface area contributed by atoms with Crippen LogP contribution in [-0.2, 0) is 28.6 Å². The van der Waals surface area contributed by atoms with Gasteiger partial charge in [-0.25, -0.2) is 9.59 Å². The van der Waals surface area contributed by atoms with Crippen LogP contribution in [0.4, 0.5) is 0 Å². The van der Waals surface area contributed by atoms with E-state index in [9.17, 15) is 14.4 Å². The van der Waals surface area contributed by atoms with Gasteiger partial charge in [0.2, 0.25) is 6.29 Å². The van der Waals surface area contributed by atoms with E-state index < -0.39 is 36.2 Å². The summed E-state index contributed by atoms with van der Waals surface area (Å²) in [6.07, 6.45) is 0.311. The van der Waals surface area contributed by atoms with Gasteiger partial charge in [0, 0.05) is 12.5 Å². The van der Waals surface area contributed by atoms with Crippen molar-refractivity contribution in [3.8, 4) is 0 Å². The lowest BCUT2D eigenvalue weighted by Gasteiger charge is -2.11. The van der Waals surface area contributed by atoms with Crippen LogP contribution in [0.2, 0.25) is 0 Å². The van der Waals surface area contributed by atoms with Crippen molar-refractivity contribution in [3.63, 3.8) is 0 Å². The molecule has 1 aliphatic rings. The van der Waals surface area contributed by atoms with E-state index in [4.69, 9.17) is 9.47 Å². The summed E-state index contributed by atoms with van der Waals surface area (Å²) < 4.78 is 14.1. The lowest BCUT2D eigenvalue weighted by Crippen LogP contribution is -2.22. The van der Waals surface area contributed by atoms with Crippen molar-refractivity contribution in [2.24, 2.45) is 5.41 Å². The Kier molecular flexibility index (Phi) is 3.88. The van der Waals surface area contributed by atoms with Gasteiger partial charge < -0.3 is 14.2 Å². The molecule has 6 heteroatoms. The fraction of sp³-hybridized carbons (Fsp3) is 0.545. The second-order valence-corrected chi connectivity index (χ2v) is 4.22. The normalized spacial score (nSPS) is 21.5. The summed E-state index contributed by atoms with van der Waals surface area (Å²) in [7, 11) is 0. The Bertz CT molecular complexity index is 357. The largest absolute Gasteiger partial charge is 0.451 e. The number of carbonyl (C=O) groups excluding carboxylic acids is 3. The number of ether oxygens (including phenoxy) is 3. The smallest absolute Gasteiger partial charge is 0.347 e. The van der Waals surface area contributed by atoms with Crippen LogP contribution in [0.5, 0.6) is 0 Å². The number of rotatable bonds is 4. The maximum absolute atomic E-state index is 11.3. The Labute approximate surface area is 98.5 Å². The monoisotopic (exact) mass is 242 g/mol. The van der Waals surface area contributed by atoms with Gasteiger partial charge in [-0.3, -0.25) is 4.79 Å². The van der Waals surface area contributed by atoms with E-state index in [-0.39, 0.29) is 6.42 Å². The average molecular weight is 242 g/mol. The van der Waals surface area contributed by atoms with Gasteiger partial charge in [-0.15, -0.1) is 0 Å². The molecule has 17 heavy (non-hydrogen) atoms. The minimum absolute atomic E-state index is 0.285. The zero-order chi connectivity index (χ0) is 13.1. The number of hydrogen-bond donors (Lipinski definition) is 0. The van der Waals surface area contributed by atoms with Gasteiger partial charge in [-0.05, 0) is 13.8 Å². The van der Waals surface area contributed by atoms with Crippen LogP contribution in [0, 0.1) is 5.41 Å². The number of cyclic esters (lactones) is 1. The highest BCUT2D eigenvalue weighted by Gasteiger charge is 2.43. The van der Waals surface area contributed by atoms with Crippen LogP contribution < -0.4 is 0 Å². The molecule has 1 saturated heterocycles. The Balaban J connectivity index is 2.36. The van der Waals surface area contributed by atoms with Gasteiger partial charge in [0.1, 0.15) is 0 Å². The molecule has 6 nitrogen and oxygen atoms in total. The fourth-order valence-corrected chi connectivity index (χ4v) is 1.26. The van der Waals surface area contributed by atoms with Gasteiger partial charge in [0.05, 0.1) is 5.41 Å². The predicted octanol–water partition coefficient (Wildman–Crippen LogP) is 0.558. The molecule has 1 rings (SSSR count). The van der Waals surface area contributed by atoms with Crippen molar-refractivity contribution >= 4 is 17.9 Å². The Morgan fingerprint density at radius 2 is 2.24 bits per heavy atom. The van der Waals surface area contributed by atoms with Gasteiger partial charge in [-0.1, -0.05) is 6.58 Å². The summed E-state index contributed by atoms with van der Waals surface area (Å²) in [6, 6.07) is 0. The number of esters is 3. The molecule has 1 unspecified atom stereocenters. The molecule has 1 heterocycles. The van der Waals surface area contributed by atoms with Crippen molar-refractivity contribution in [1.29, 1.82) is 0 Å². The first-order valence-electron chi connectivity index (χ1n) is 5.05. The highest BCUT2D eigenvalue weighted by atomic mass is 16.7. The standard InChI is InChI=1S/C11H14O6/c1-4-7(12)15-6-8(13)16-9-5-11(2,3)10(14)17-9/h4,9H,1,5-6H2,2-3H3. The summed E-state index contributed by atoms with van der Waals surface area (Å²) in [5.74, 6) is -1.90. The Morgan fingerprint density at radius 1 is 1.59 bits per heavy atom. The summed E-state index contributed by atoms with van der Waals surface area (Å²) in [6.45, 7) is 6.04. The molecule has 1 fully saturated rings. The van der Waals surface area contributed by atoms with Crippen molar-refractivity contribution < 1.29 is 28.6 Å². The molecule has 0 aromatic carbocycles. The van der Waals surface area contributed by atoms with Crippen LogP contribution in [-0.4, -0.2) is 30.8 Å². The van der Waals surface area contributed by atoms with Crippen molar-refractivity contribution in [1.82, 2.24) is 0 Å². The summed E-state index contributed by atoms with van der Waals surface area (Å²) in [5, 5.41) is 0. The molecule has 1 atom stereocenters. The second-order valence-electron chi connectivity index (χ2n) is 4.22. The number of carbonyl (C=O) groups is 3. The van der Waals surface area contributed by atoms with Crippen LogP contribution >= 0.6 is 0 Å². The van der Waals surface area contributed by atoms with Crippen molar-refractivity contribution in [2.75, 3.05) is 6.61 Å². The van der Waals surface area contributed by atoms with E-state index in [2.05, 4.69) is 11.3 Å². The van der Waals surface area contributed by atoms with E-state index in [1.54, 1.807) is 13.8 Å². The first-order chi connectivity index (χ1) is 7.85. The van der Waals surface area contributed by atoms with E-state index in [1.807, 2.05) is 0 Å². The highest BCUT2D eigenvalue weighted by molar-refractivity contribution is 5.84. The van der Waals surface area contributed by atoms with Crippen molar-refractivity contribution in [2.45, 2.75) is 26.6 Å².